The lowest BCUT2D eigenvalue weighted by molar-refractivity contribution is 0.845. The van der Waals surface area contributed by atoms with E-state index in [2.05, 4.69) is 83.3 Å². The summed E-state index contributed by atoms with van der Waals surface area (Å²) < 4.78 is 0. The minimum atomic E-state index is 0.193. The molecule has 0 heterocycles. The summed E-state index contributed by atoms with van der Waals surface area (Å²) in [5.41, 5.74) is 6.95. The molecule has 4 heteroatoms. The van der Waals surface area contributed by atoms with Crippen LogP contribution in [0.25, 0.3) is 0 Å². The molecule has 1 aliphatic rings. The van der Waals surface area contributed by atoms with Gasteiger partial charge < -0.3 is 15.6 Å². The number of benzene rings is 2. The maximum Gasteiger partial charge on any atom is 0.0706 e. The molecule has 0 aliphatic heterocycles. The first kappa shape index (κ1) is 16.1. The van der Waals surface area contributed by atoms with Crippen LogP contribution in [-0.4, -0.2) is 13.1 Å². The third-order valence-corrected chi connectivity index (χ3v) is 4.27. The monoisotopic (exact) mass is 320 g/mol. The van der Waals surface area contributed by atoms with Crippen LogP contribution in [0.5, 0.6) is 0 Å². The molecule has 0 fully saturated rings. The summed E-state index contributed by atoms with van der Waals surface area (Å²) in [7, 11) is 1.93. The molecule has 0 amide bonds. The number of nitrogens with two attached hydrogens (primary N) is 1. The second-order valence-electron chi connectivity index (χ2n) is 5.98. The highest BCUT2D eigenvalue weighted by Gasteiger charge is 2.18. The van der Waals surface area contributed by atoms with Crippen molar-refractivity contribution < 1.29 is 0 Å². The molecule has 0 saturated heterocycles. The van der Waals surface area contributed by atoms with E-state index < -0.39 is 0 Å². The standard InChI is InChI=1S/C20H24N4/c1-15-3-9-18(10-4-15)24(19-11-5-16(22-2)6-12-19)20-13-7-17(23-21)8-14-20/h3-15,18,22-23H,21H2,1-2H3. The van der Waals surface area contributed by atoms with Crippen molar-refractivity contribution in [2.45, 2.75) is 13.0 Å². The molecule has 124 valence electrons. The second kappa shape index (κ2) is 7.23. The fraction of sp³-hybridized carbons (Fsp3) is 0.200. The molecule has 4 nitrogen and oxygen atoms in total. The molecular weight excluding hydrogens is 296 g/mol. The summed E-state index contributed by atoms with van der Waals surface area (Å²) in [6.45, 7) is 2.19. The Morgan fingerprint density at radius 3 is 1.75 bits per heavy atom. The second-order valence-corrected chi connectivity index (χ2v) is 5.98. The summed E-state index contributed by atoms with van der Waals surface area (Å²) in [5.74, 6) is 5.97. The summed E-state index contributed by atoms with van der Waals surface area (Å²) in [6, 6.07) is 16.8. The lowest BCUT2D eigenvalue weighted by Crippen LogP contribution is -2.29. The Balaban J connectivity index is 1.98. The van der Waals surface area contributed by atoms with E-state index in [1.807, 2.05) is 19.2 Å². The van der Waals surface area contributed by atoms with Gasteiger partial charge in [-0.3, -0.25) is 5.84 Å². The molecule has 3 rings (SSSR count). The van der Waals surface area contributed by atoms with Crippen LogP contribution in [0.4, 0.5) is 22.7 Å². The van der Waals surface area contributed by atoms with Crippen LogP contribution < -0.4 is 21.5 Å². The van der Waals surface area contributed by atoms with Crippen molar-refractivity contribution in [3.8, 4) is 0 Å². The van der Waals surface area contributed by atoms with Gasteiger partial charge in [-0.05, 0) is 54.4 Å². The fourth-order valence-corrected chi connectivity index (χ4v) is 2.88. The minimum absolute atomic E-state index is 0.193. The van der Waals surface area contributed by atoms with E-state index in [9.17, 15) is 0 Å². The average molecular weight is 320 g/mol. The van der Waals surface area contributed by atoms with Crippen molar-refractivity contribution in [1.29, 1.82) is 0 Å². The van der Waals surface area contributed by atoms with Crippen LogP contribution in [0.1, 0.15) is 6.92 Å². The number of rotatable bonds is 5. The van der Waals surface area contributed by atoms with Crippen molar-refractivity contribution in [3.63, 3.8) is 0 Å². The number of nitrogens with zero attached hydrogens (tertiary/aromatic N) is 1. The van der Waals surface area contributed by atoms with Crippen molar-refractivity contribution in [1.82, 2.24) is 0 Å². The molecule has 0 bridgehead atoms. The van der Waals surface area contributed by atoms with Crippen molar-refractivity contribution >= 4 is 22.7 Å². The van der Waals surface area contributed by atoms with E-state index in [1.165, 1.54) is 0 Å². The number of hydrogen-bond donors (Lipinski definition) is 3. The fourth-order valence-electron chi connectivity index (χ4n) is 2.88. The lowest BCUT2D eigenvalue weighted by Gasteiger charge is -2.32. The molecule has 1 aliphatic carbocycles. The highest BCUT2D eigenvalue weighted by Crippen LogP contribution is 2.32. The maximum absolute atomic E-state index is 5.48. The maximum atomic E-state index is 5.48. The molecule has 0 radical (unpaired) electrons. The van der Waals surface area contributed by atoms with Crippen molar-refractivity contribution in [2.75, 3.05) is 22.7 Å². The minimum Gasteiger partial charge on any atom is -0.388 e. The van der Waals surface area contributed by atoms with Crippen LogP contribution in [-0.2, 0) is 0 Å². The van der Waals surface area contributed by atoms with E-state index in [0.717, 1.165) is 22.7 Å². The van der Waals surface area contributed by atoms with Gasteiger partial charge in [-0.1, -0.05) is 31.2 Å². The van der Waals surface area contributed by atoms with Gasteiger partial charge in [0.25, 0.3) is 0 Å². The van der Waals surface area contributed by atoms with E-state index in [-0.39, 0.29) is 6.04 Å². The van der Waals surface area contributed by atoms with Crippen LogP contribution >= 0.6 is 0 Å². The van der Waals surface area contributed by atoms with Gasteiger partial charge in [-0.2, -0.15) is 0 Å². The number of anilines is 4. The molecular formula is C20H24N4. The lowest BCUT2D eigenvalue weighted by atomic mass is 10.0. The van der Waals surface area contributed by atoms with E-state index in [4.69, 9.17) is 5.84 Å². The Morgan fingerprint density at radius 1 is 0.792 bits per heavy atom. The third-order valence-electron chi connectivity index (χ3n) is 4.27. The van der Waals surface area contributed by atoms with Gasteiger partial charge in [0.2, 0.25) is 0 Å². The number of hydrogen-bond acceptors (Lipinski definition) is 4. The quantitative estimate of drug-likeness (QED) is 0.437. The van der Waals surface area contributed by atoms with Crippen LogP contribution in [0.15, 0.2) is 72.8 Å². The summed E-state index contributed by atoms with van der Waals surface area (Å²) in [5, 5.41) is 3.16. The topological polar surface area (TPSA) is 53.3 Å². The van der Waals surface area contributed by atoms with Gasteiger partial charge >= 0.3 is 0 Å². The van der Waals surface area contributed by atoms with Gasteiger partial charge in [0.05, 0.1) is 6.04 Å². The van der Waals surface area contributed by atoms with E-state index in [1.54, 1.807) is 0 Å². The Morgan fingerprint density at radius 2 is 1.29 bits per heavy atom. The number of allylic oxidation sites excluding steroid dienone is 2. The van der Waals surface area contributed by atoms with Gasteiger partial charge in [-0.15, -0.1) is 0 Å². The summed E-state index contributed by atoms with van der Waals surface area (Å²) in [6.07, 6.45) is 9.00. The van der Waals surface area contributed by atoms with E-state index >= 15 is 0 Å². The van der Waals surface area contributed by atoms with Gasteiger partial charge in [0, 0.05) is 29.8 Å². The van der Waals surface area contributed by atoms with Crippen LogP contribution in [0.3, 0.4) is 0 Å². The third kappa shape index (κ3) is 3.44. The molecule has 24 heavy (non-hydrogen) atoms. The van der Waals surface area contributed by atoms with Gasteiger partial charge in [0.15, 0.2) is 0 Å². The van der Waals surface area contributed by atoms with Crippen molar-refractivity contribution in [2.24, 2.45) is 11.8 Å². The molecule has 2 aromatic rings. The zero-order chi connectivity index (χ0) is 16.9. The number of hydrazine groups is 1. The molecule has 0 aromatic heterocycles. The first-order valence-electron chi connectivity index (χ1n) is 8.21. The van der Waals surface area contributed by atoms with E-state index in [0.29, 0.717) is 5.92 Å². The Labute approximate surface area is 143 Å². The summed E-state index contributed by atoms with van der Waals surface area (Å²) >= 11 is 0. The van der Waals surface area contributed by atoms with Gasteiger partial charge in [0.1, 0.15) is 0 Å². The number of nitrogens with one attached hydrogen (secondary N) is 2. The highest BCUT2D eigenvalue weighted by atomic mass is 15.2. The summed E-state index contributed by atoms with van der Waals surface area (Å²) in [4.78, 5) is 2.32. The smallest absolute Gasteiger partial charge is 0.0706 e. The predicted octanol–water partition coefficient (Wildman–Crippen LogP) is 4.28. The first-order valence-corrected chi connectivity index (χ1v) is 8.21. The Hall–Kier alpha value is -2.72. The molecule has 0 saturated carbocycles. The normalized spacial score (nSPS) is 19.1. The molecule has 0 atom stereocenters. The van der Waals surface area contributed by atoms with Crippen LogP contribution in [0.2, 0.25) is 0 Å². The highest BCUT2D eigenvalue weighted by molar-refractivity contribution is 5.69. The zero-order valence-corrected chi connectivity index (χ0v) is 14.1. The molecule has 2 aromatic carbocycles. The average Bonchev–Trinajstić information content (AvgIpc) is 2.64. The SMILES string of the molecule is CNc1ccc(N(c2ccc(NN)cc2)C2C=CC(C)C=C2)cc1. The van der Waals surface area contributed by atoms with Crippen LogP contribution in [0, 0.1) is 5.92 Å². The molecule has 0 unspecified atom stereocenters. The predicted molar refractivity (Wildman–Crippen MR) is 104 cm³/mol. The van der Waals surface area contributed by atoms with Crippen molar-refractivity contribution in [3.05, 3.63) is 72.8 Å². The largest absolute Gasteiger partial charge is 0.388 e. The Bertz CT molecular complexity index is 655. The Kier molecular flexibility index (Phi) is 4.87. The zero-order valence-electron chi connectivity index (χ0n) is 14.1. The number of nitrogen functional groups attached to an aromatic ring is 1. The van der Waals surface area contributed by atoms with Gasteiger partial charge in [-0.25, -0.2) is 0 Å². The first-order chi connectivity index (χ1) is 11.7. The molecule has 4 N–H and O–H groups in total. The molecule has 0 spiro atoms.